The summed E-state index contributed by atoms with van der Waals surface area (Å²) in [6, 6.07) is 5.58. The number of piperazine rings is 1. The van der Waals surface area contributed by atoms with Gasteiger partial charge in [-0.25, -0.2) is 9.69 Å². The van der Waals surface area contributed by atoms with E-state index in [0.717, 1.165) is 18.0 Å². The Hall–Kier alpha value is -2.61. The number of hydrogen-bond donors (Lipinski definition) is 1. The molecule has 0 unspecified atom stereocenters. The Morgan fingerprint density at radius 3 is 2.42 bits per heavy atom. The van der Waals surface area contributed by atoms with Crippen LogP contribution < -0.4 is 15.0 Å². The summed E-state index contributed by atoms with van der Waals surface area (Å²) in [5, 5.41) is 2.67. The van der Waals surface area contributed by atoms with Crippen molar-refractivity contribution in [1.82, 2.24) is 15.1 Å². The molecule has 0 spiro atoms. The average Bonchev–Trinajstić information content (AvgIpc) is 2.94. The van der Waals surface area contributed by atoms with E-state index in [1.165, 1.54) is 0 Å². The number of nitrogens with one attached hydrogen (secondary N) is 1. The molecule has 0 aromatic heterocycles. The topological polar surface area (TPSA) is 82.2 Å². The van der Waals surface area contributed by atoms with Gasteiger partial charge in [-0.3, -0.25) is 9.59 Å². The van der Waals surface area contributed by atoms with Crippen LogP contribution >= 0.6 is 0 Å². The van der Waals surface area contributed by atoms with Crippen LogP contribution in [0.5, 0.6) is 5.75 Å². The summed E-state index contributed by atoms with van der Waals surface area (Å²) in [4.78, 5) is 42.2. The van der Waals surface area contributed by atoms with E-state index in [0.29, 0.717) is 30.9 Å². The van der Waals surface area contributed by atoms with Crippen molar-refractivity contribution in [1.29, 1.82) is 0 Å². The molecule has 3 rings (SSSR count). The first-order valence-corrected chi connectivity index (χ1v) is 8.74. The van der Waals surface area contributed by atoms with E-state index in [4.69, 9.17) is 4.74 Å². The molecular formula is C18H24N4O4. The lowest BCUT2D eigenvalue weighted by Crippen LogP contribution is -2.47. The minimum absolute atomic E-state index is 0.0306. The highest BCUT2D eigenvalue weighted by atomic mass is 16.5. The minimum atomic E-state index is -0.666. The van der Waals surface area contributed by atoms with Crippen LogP contribution in [0.25, 0.3) is 0 Å². The zero-order valence-corrected chi connectivity index (χ0v) is 15.1. The molecule has 4 amide bonds. The number of methoxy groups -OCH3 is 1. The van der Waals surface area contributed by atoms with Gasteiger partial charge in [0.25, 0.3) is 5.91 Å². The lowest BCUT2D eigenvalue weighted by atomic mass is 10.1. The first kappa shape index (κ1) is 18.2. The normalized spacial score (nSPS) is 21.1. The number of anilines is 1. The smallest absolute Gasteiger partial charge is 0.329 e. The largest absolute Gasteiger partial charge is 0.497 e. The van der Waals surface area contributed by atoms with Crippen LogP contribution in [-0.4, -0.2) is 74.0 Å². The molecule has 26 heavy (non-hydrogen) atoms. The predicted molar refractivity (Wildman–Crippen MR) is 96.1 cm³/mol. The first-order chi connectivity index (χ1) is 12.5. The summed E-state index contributed by atoms with van der Waals surface area (Å²) in [7, 11) is 3.58. The summed E-state index contributed by atoms with van der Waals surface area (Å²) in [5.41, 5.74) is 0.487. The second-order valence-corrected chi connectivity index (χ2v) is 6.60. The molecule has 2 aliphatic heterocycles. The Morgan fingerprint density at radius 1 is 1.15 bits per heavy atom. The van der Waals surface area contributed by atoms with Gasteiger partial charge in [-0.1, -0.05) is 0 Å². The van der Waals surface area contributed by atoms with Crippen molar-refractivity contribution in [3.05, 3.63) is 24.3 Å². The molecule has 2 saturated heterocycles. The van der Waals surface area contributed by atoms with E-state index in [-0.39, 0.29) is 18.2 Å². The molecule has 1 atom stereocenters. The number of rotatable bonds is 5. The van der Waals surface area contributed by atoms with Crippen LogP contribution in [0, 0.1) is 0 Å². The van der Waals surface area contributed by atoms with Crippen molar-refractivity contribution in [2.45, 2.75) is 18.9 Å². The zero-order valence-electron chi connectivity index (χ0n) is 15.1. The van der Waals surface area contributed by atoms with Crippen molar-refractivity contribution >= 4 is 23.5 Å². The molecule has 0 bridgehead atoms. The van der Waals surface area contributed by atoms with Crippen molar-refractivity contribution in [2.75, 3.05) is 45.2 Å². The maximum Gasteiger partial charge on any atom is 0.329 e. The Morgan fingerprint density at radius 2 is 1.81 bits per heavy atom. The van der Waals surface area contributed by atoms with Gasteiger partial charge in [0, 0.05) is 32.6 Å². The van der Waals surface area contributed by atoms with Gasteiger partial charge < -0.3 is 19.9 Å². The molecule has 1 aromatic carbocycles. The predicted octanol–water partition coefficient (Wildman–Crippen LogP) is 0.674. The van der Waals surface area contributed by atoms with Crippen molar-refractivity contribution in [3.63, 3.8) is 0 Å². The van der Waals surface area contributed by atoms with Gasteiger partial charge in [-0.05, 0) is 37.7 Å². The molecule has 1 N–H and O–H groups in total. The molecule has 2 heterocycles. The minimum Gasteiger partial charge on any atom is -0.497 e. The number of carbonyl (C=O) groups is 3. The molecule has 8 heteroatoms. The number of likely N-dealkylation sites (N-methyl/N-ethyl adjacent to an activating group) is 1. The van der Waals surface area contributed by atoms with E-state index in [2.05, 4.69) is 10.2 Å². The standard InChI is InChI=1S/C18H24N4O4/c1-20-9-11-21(12-10-20)16(23)8-7-15-17(24)22(18(25)19-15)13-3-5-14(26-2)6-4-13/h3-6,15H,7-12H2,1-2H3,(H,19,25)/t15-/m0/s1. The third kappa shape index (κ3) is 3.80. The van der Waals surface area contributed by atoms with Crippen LogP contribution in [0.4, 0.5) is 10.5 Å². The number of ether oxygens (including phenoxy) is 1. The van der Waals surface area contributed by atoms with Crippen molar-refractivity contribution in [3.8, 4) is 5.75 Å². The summed E-state index contributed by atoms with van der Waals surface area (Å²) in [5.74, 6) is 0.351. The number of nitrogens with zero attached hydrogens (tertiary/aromatic N) is 3. The molecule has 1 aromatic rings. The quantitative estimate of drug-likeness (QED) is 0.781. The highest BCUT2D eigenvalue weighted by Gasteiger charge is 2.39. The van der Waals surface area contributed by atoms with Gasteiger partial charge in [-0.15, -0.1) is 0 Å². The summed E-state index contributed by atoms with van der Waals surface area (Å²) in [6.07, 6.45) is 0.555. The fourth-order valence-corrected chi connectivity index (χ4v) is 3.18. The van der Waals surface area contributed by atoms with Gasteiger partial charge in [-0.2, -0.15) is 0 Å². The molecule has 0 radical (unpaired) electrons. The van der Waals surface area contributed by atoms with Crippen molar-refractivity contribution < 1.29 is 19.1 Å². The van der Waals surface area contributed by atoms with Crippen LogP contribution in [0.2, 0.25) is 0 Å². The van der Waals surface area contributed by atoms with Crippen LogP contribution in [0.15, 0.2) is 24.3 Å². The monoisotopic (exact) mass is 360 g/mol. The fraction of sp³-hybridized carbons (Fsp3) is 0.500. The van der Waals surface area contributed by atoms with E-state index in [9.17, 15) is 14.4 Å². The van der Waals surface area contributed by atoms with Crippen LogP contribution in [-0.2, 0) is 9.59 Å². The van der Waals surface area contributed by atoms with E-state index in [1.807, 2.05) is 11.9 Å². The van der Waals surface area contributed by atoms with Gasteiger partial charge in [0.05, 0.1) is 12.8 Å². The number of hydrogen-bond acceptors (Lipinski definition) is 5. The van der Waals surface area contributed by atoms with Crippen LogP contribution in [0.3, 0.4) is 0 Å². The van der Waals surface area contributed by atoms with Gasteiger partial charge >= 0.3 is 6.03 Å². The highest BCUT2D eigenvalue weighted by Crippen LogP contribution is 2.24. The number of urea groups is 1. The second-order valence-electron chi connectivity index (χ2n) is 6.60. The van der Waals surface area contributed by atoms with Crippen molar-refractivity contribution in [2.24, 2.45) is 0 Å². The Balaban J connectivity index is 1.57. The van der Waals surface area contributed by atoms with Gasteiger partial charge in [0.2, 0.25) is 5.91 Å². The third-order valence-electron chi connectivity index (χ3n) is 4.85. The average molecular weight is 360 g/mol. The first-order valence-electron chi connectivity index (χ1n) is 8.74. The summed E-state index contributed by atoms with van der Waals surface area (Å²) in [6.45, 7) is 3.13. The van der Waals surface area contributed by atoms with E-state index in [1.54, 1.807) is 31.4 Å². The Kier molecular flexibility index (Phi) is 5.41. The van der Waals surface area contributed by atoms with Gasteiger partial charge in [0.15, 0.2) is 0 Å². The molecule has 0 saturated carbocycles. The Labute approximate surface area is 152 Å². The lowest BCUT2D eigenvalue weighted by Gasteiger charge is -2.32. The second kappa shape index (κ2) is 7.74. The maximum atomic E-state index is 12.6. The fourth-order valence-electron chi connectivity index (χ4n) is 3.18. The molecule has 140 valence electrons. The maximum absolute atomic E-state index is 12.6. The highest BCUT2D eigenvalue weighted by molar-refractivity contribution is 6.21. The Bertz CT molecular complexity index is 683. The summed E-state index contributed by atoms with van der Waals surface area (Å²) >= 11 is 0. The molecule has 2 aliphatic rings. The van der Waals surface area contributed by atoms with E-state index >= 15 is 0 Å². The molecule has 0 aliphatic carbocycles. The van der Waals surface area contributed by atoms with Gasteiger partial charge in [0.1, 0.15) is 11.8 Å². The number of amides is 4. The number of benzene rings is 1. The SMILES string of the molecule is COc1ccc(N2C(=O)N[C@@H](CCC(=O)N3CCN(C)CC3)C2=O)cc1. The third-order valence-corrected chi connectivity index (χ3v) is 4.85. The molecule has 8 nitrogen and oxygen atoms in total. The zero-order chi connectivity index (χ0) is 18.7. The van der Waals surface area contributed by atoms with Crippen LogP contribution in [0.1, 0.15) is 12.8 Å². The van der Waals surface area contributed by atoms with E-state index < -0.39 is 12.1 Å². The number of carbonyl (C=O) groups excluding carboxylic acids is 3. The lowest BCUT2D eigenvalue weighted by molar-refractivity contribution is -0.133. The number of imide groups is 1. The molecular weight excluding hydrogens is 336 g/mol. The molecule has 2 fully saturated rings. The summed E-state index contributed by atoms with van der Waals surface area (Å²) < 4.78 is 5.09.